The van der Waals surface area contributed by atoms with Gasteiger partial charge in [-0.3, -0.25) is 9.59 Å². The molecular formula is C18H14BrN3O2. The molecule has 120 valence electrons. The van der Waals surface area contributed by atoms with Crippen LogP contribution in [0.25, 0.3) is 0 Å². The molecular weight excluding hydrogens is 370 g/mol. The maximum Gasteiger partial charge on any atom is 0.228 e. The van der Waals surface area contributed by atoms with Gasteiger partial charge in [0.2, 0.25) is 11.8 Å². The molecule has 2 aromatic rings. The number of nitrogens with one attached hydrogen (secondary N) is 2. The number of rotatable bonds is 4. The lowest BCUT2D eigenvalue weighted by Crippen LogP contribution is -2.20. The highest BCUT2D eigenvalue weighted by Gasteiger charge is 2.48. The highest BCUT2D eigenvalue weighted by molar-refractivity contribution is 9.10. The summed E-state index contributed by atoms with van der Waals surface area (Å²) in [7, 11) is 0. The lowest BCUT2D eigenvalue weighted by molar-refractivity contribution is -0.122. The van der Waals surface area contributed by atoms with E-state index in [0.717, 1.165) is 4.47 Å². The first kappa shape index (κ1) is 16.2. The maximum absolute atomic E-state index is 12.2. The molecule has 0 radical (unpaired) electrons. The van der Waals surface area contributed by atoms with Gasteiger partial charge in [-0.1, -0.05) is 12.1 Å². The molecule has 2 atom stereocenters. The molecule has 1 fully saturated rings. The van der Waals surface area contributed by atoms with Gasteiger partial charge in [0.15, 0.2) is 0 Å². The van der Waals surface area contributed by atoms with Crippen LogP contribution in [0.3, 0.4) is 0 Å². The number of halogens is 1. The van der Waals surface area contributed by atoms with Crippen LogP contribution in [-0.4, -0.2) is 11.8 Å². The second kappa shape index (κ2) is 6.85. The Hall–Kier alpha value is -2.65. The maximum atomic E-state index is 12.2. The van der Waals surface area contributed by atoms with E-state index in [-0.39, 0.29) is 23.7 Å². The molecule has 24 heavy (non-hydrogen) atoms. The zero-order chi connectivity index (χ0) is 17.1. The number of hydrogen-bond acceptors (Lipinski definition) is 3. The Morgan fingerprint density at radius 2 is 1.62 bits per heavy atom. The van der Waals surface area contributed by atoms with Gasteiger partial charge in [-0.15, -0.1) is 0 Å². The van der Waals surface area contributed by atoms with Gasteiger partial charge < -0.3 is 10.6 Å². The molecule has 1 aliphatic carbocycles. The molecule has 0 saturated heterocycles. The van der Waals surface area contributed by atoms with Crippen molar-refractivity contribution < 1.29 is 9.59 Å². The molecule has 0 bridgehead atoms. The summed E-state index contributed by atoms with van der Waals surface area (Å²) in [5.74, 6) is -0.951. The van der Waals surface area contributed by atoms with Crippen molar-refractivity contribution in [3.05, 3.63) is 58.6 Å². The van der Waals surface area contributed by atoms with Crippen molar-refractivity contribution in [1.29, 1.82) is 5.26 Å². The second-order valence-electron chi connectivity index (χ2n) is 5.60. The van der Waals surface area contributed by atoms with Crippen LogP contribution in [0.2, 0.25) is 0 Å². The standard InChI is InChI=1S/C18H14BrN3O2/c19-15-3-1-2-4-16(15)22-18(24)14-9-13(14)17(23)21-12-7-5-11(10-20)6-8-12/h1-8,13-14H,9H2,(H,21,23)(H,22,24). The van der Waals surface area contributed by atoms with Crippen LogP contribution in [0.4, 0.5) is 11.4 Å². The molecule has 0 spiro atoms. The first-order chi connectivity index (χ1) is 11.6. The van der Waals surface area contributed by atoms with Crippen molar-refractivity contribution in [2.75, 3.05) is 10.6 Å². The highest BCUT2D eigenvalue weighted by Crippen LogP contribution is 2.40. The minimum Gasteiger partial charge on any atom is -0.326 e. The summed E-state index contributed by atoms with van der Waals surface area (Å²) < 4.78 is 0.803. The number of para-hydroxylation sites is 1. The Kier molecular flexibility index (Phi) is 4.63. The summed E-state index contributed by atoms with van der Waals surface area (Å²) in [5, 5.41) is 14.4. The van der Waals surface area contributed by atoms with E-state index in [1.54, 1.807) is 30.3 Å². The van der Waals surface area contributed by atoms with Gasteiger partial charge >= 0.3 is 0 Å². The monoisotopic (exact) mass is 383 g/mol. The normalized spacial score (nSPS) is 18.3. The van der Waals surface area contributed by atoms with E-state index in [4.69, 9.17) is 5.26 Å². The average Bonchev–Trinajstić information content (AvgIpc) is 3.38. The van der Waals surface area contributed by atoms with Crippen molar-refractivity contribution in [2.24, 2.45) is 11.8 Å². The Morgan fingerprint density at radius 3 is 2.25 bits per heavy atom. The highest BCUT2D eigenvalue weighted by atomic mass is 79.9. The van der Waals surface area contributed by atoms with Gasteiger partial charge in [-0.2, -0.15) is 5.26 Å². The van der Waals surface area contributed by atoms with E-state index in [2.05, 4.69) is 26.6 Å². The van der Waals surface area contributed by atoms with E-state index in [1.807, 2.05) is 24.3 Å². The molecule has 0 heterocycles. The van der Waals surface area contributed by atoms with Crippen molar-refractivity contribution in [2.45, 2.75) is 6.42 Å². The number of nitrogens with zero attached hydrogens (tertiary/aromatic N) is 1. The molecule has 0 aliphatic heterocycles. The molecule has 2 N–H and O–H groups in total. The minimum atomic E-state index is -0.317. The summed E-state index contributed by atoms with van der Waals surface area (Å²) in [6.45, 7) is 0. The van der Waals surface area contributed by atoms with Gasteiger partial charge in [-0.05, 0) is 58.7 Å². The third-order valence-corrected chi connectivity index (χ3v) is 4.57. The van der Waals surface area contributed by atoms with Crippen LogP contribution in [0.5, 0.6) is 0 Å². The van der Waals surface area contributed by atoms with E-state index >= 15 is 0 Å². The van der Waals surface area contributed by atoms with Crippen molar-refractivity contribution in [1.82, 2.24) is 0 Å². The Bertz CT molecular complexity index is 827. The van der Waals surface area contributed by atoms with Crippen molar-refractivity contribution in [3.8, 4) is 6.07 Å². The van der Waals surface area contributed by atoms with Gasteiger partial charge in [0, 0.05) is 10.2 Å². The Morgan fingerprint density at radius 1 is 1.00 bits per heavy atom. The third kappa shape index (κ3) is 3.63. The summed E-state index contributed by atoms with van der Waals surface area (Å²) in [4.78, 5) is 24.4. The first-order valence-electron chi connectivity index (χ1n) is 7.45. The predicted molar refractivity (Wildman–Crippen MR) is 94.2 cm³/mol. The number of carbonyl (C=O) groups excluding carboxylic acids is 2. The van der Waals surface area contributed by atoms with Crippen LogP contribution in [-0.2, 0) is 9.59 Å². The number of carbonyl (C=O) groups is 2. The SMILES string of the molecule is N#Cc1ccc(NC(=O)C2CC2C(=O)Nc2ccccc2Br)cc1. The van der Waals surface area contributed by atoms with Crippen molar-refractivity contribution >= 4 is 39.1 Å². The van der Waals surface area contributed by atoms with Crippen LogP contribution in [0, 0.1) is 23.2 Å². The quantitative estimate of drug-likeness (QED) is 0.846. The zero-order valence-electron chi connectivity index (χ0n) is 12.6. The minimum absolute atomic E-state index is 0.151. The van der Waals surface area contributed by atoms with Crippen LogP contribution < -0.4 is 10.6 Å². The van der Waals surface area contributed by atoms with Gasteiger partial charge in [0.05, 0.1) is 29.2 Å². The van der Waals surface area contributed by atoms with E-state index in [0.29, 0.717) is 23.4 Å². The lowest BCUT2D eigenvalue weighted by atomic mass is 10.2. The summed E-state index contributed by atoms with van der Waals surface area (Å²) in [5.41, 5.74) is 1.85. The summed E-state index contributed by atoms with van der Waals surface area (Å²) in [6, 6.07) is 16.0. The second-order valence-corrected chi connectivity index (χ2v) is 6.45. The van der Waals surface area contributed by atoms with Gasteiger partial charge in [0.25, 0.3) is 0 Å². The molecule has 3 rings (SSSR count). The molecule has 1 saturated carbocycles. The molecule has 5 nitrogen and oxygen atoms in total. The van der Waals surface area contributed by atoms with Gasteiger partial charge in [0.1, 0.15) is 0 Å². The average molecular weight is 384 g/mol. The number of benzene rings is 2. The van der Waals surface area contributed by atoms with E-state index < -0.39 is 0 Å². The van der Waals surface area contributed by atoms with Crippen LogP contribution in [0.1, 0.15) is 12.0 Å². The third-order valence-electron chi connectivity index (χ3n) is 3.88. The van der Waals surface area contributed by atoms with E-state index in [1.165, 1.54) is 0 Å². The molecule has 1 aliphatic rings. The number of amides is 2. The Balaban J connectivity index is 1.56. The topological polar surface area (TPSA) is 82.0 Å². The molecule has 2 unspecified atom stereocenters. The number of nitriles is 1. The number of anilines is 2. The fourth-order valence-electron chi connectivity index (χ4n) is 2.43. The summed E-state index contributed by atoms with van der Waals surface area (Å²) in [6.07, 6.45) is 0.540. The molecule has 6 heteroatoms. The van der Waals surface area contributed by atoms with Gasteiger partial charge in [-0.25, -0.2) is 0 Å². The lowest BCUT2D eigenvalue weighted by Gasteiger charge is -2.07. The molecule has 0 aromatic heterocycles. The van der Waals surface area contributed by atoms with Crippen LogP contribution >= 0.6 is 15.9 Å². The van der Waals surface area contributed by atoms with E-state index in [9.17, 15) is 9.59 Å². The zero-order valence-corrected chi connectivity index (χ0v) is 14.2. The first-order valence-corrected chi connectivity index (χ1v) is 8.24. The fraction of sp³-hybridized carbons (Fsp3) is 0.167. The predicted octanol–water partition coefficient (Wildman–Crippen LogP) is 3.53. The van der Waals surface area contributed by atoms with Crippen molar-refractivity contribution in [3.63, 3.8) is 0 Å². The smallest absolute Gasteiger partial charge is 0.228 e. The fourth-order valence-corrected chi connectivity index (χ4v) is 2.81. The number of hydrogen-bond donors (Lipinski definition) is 2. The van der Waals surface area contributed by atoms with Crippen LogP contribution in [0.15, 0.2) is 53.0 Å². The molecule has 2 aromatic carbocycles. The molecule has 2 amide bonds. The Labute approximate surface area is 147 Å². The summed E-state index contributed by atoms with van der Waals surface area (Å²) >= 11 is 3.38. The largest absolute Gasteiger partial charge is 0.326 e.